The van der Waals surface area contributed by atoms with Crippen molar-refractivity contribution in [3.05, 3.63) is 57.8 Å². The van der Waals surface area contributed by atoms with Crippen molar-refractivity contribution in [3.8, 4) is 11.5 Å². The quantitative estimate of drug-likeness (QED) is 0.837. The van der Waals surface area contributed by atoms with Crippen LogP contribution in [0.15, 0.2) is 36.4 Å². The zero-order chi connectivity index (χ0) is 14.7. The highest BCUT2D eigenvalue weighted by molar-refractivity contribution is 6.34. The number of rotatable bonds is 4. The lowest BCUT2D eigenvalue weighted by molar-refractivity contribution is 0.428. The topological polar surface area (TPSA) is 21.3 Å². The molecular weight excluding hydrogens is 300 g/mol. The van der Waals surface area contributed by atoms with Gasteiger partial charge in [-0.3, -0.25) is 0 Å². The second kappa shape index (κ2) is 6.44. The molecule has 1 atom stereocenters. The van der Waals surface area contributed by atoms with Crippen LogP contribution in [-0.4, -0.2) is 7.05 Å². The van der Waals surface area contributed by atoms with Gasteiger partial charge < -0.3 is 10.1 Å². The maximum atomic E-state index is 14.0. The Morgan fingerprint density at radius 3 is 2.65 bits per heavy atom. The van der Waals surface area contributed by atoms with Crippen LogP contribution < -0.4 is 10.1 Å². The van der Waals surface area contributed by atoms with Gasteiger partial charge in [0.25, 0.3) is 0 Å². The molecule has 0 bridgehead atoms. The van der Waals surface area contributed by atoms with Gasteiger partial charge in [-0.15, -0.1) is 0 Å². The number of benzene rings is 2. The van der Waals surface area contributed by atoms with Crippen molar-refractivity contribution >= 4 is 23.2 Å². The van der Waals surface area contributed by atoms with E-state index in [0.717, 1.165) is 0 Å². The Morgan fingerprint density at radius 1 is 1.20 bits per heavy atom. The average Bonchev–Trinajstić information content (AvgIpc) is 2.44. The van der Waals surface area contributed by atoms with Crippen molar-refractivity contribution in [1.82, 2.24) is 5.32 Å². The van der Waals surface area contributed by atoms with Gasteiger partial charge in [-0.25, -0.2) is 4.39 Å². The van der Waals surface area contributed by atoms with E-state index < -0.39 is 5.82 Å². The summed E-state index contributed by atoms with van der Waals surface area (Å²) in [4.78, 5) is 0. The Morgan fingerprint density at radius 2 is 1.95 bits per heavy atom. The second-order valence-electron chi connectivity index (χ2n) is 4.35. The molecule has 5 heteroatoms. The van der Waals surface area contributed by atoms with E-state index >= 15 is 0 Å². The Hall–Kier alpha value is -1.29. The van der Waals surface area contributed by atoms with Crippen LogP contribution in [0.4, 0.5) is 4.39 Å². The summed E-state index contributed by atoms with van der Waals surface area (Å²) in [5.41, 5.74) is 0.712. The van der Waals surface area contributed by atoms with E-state index in [9.17, 15) is 4.39 Å². The molecule has 0 fully saturated rings. The Bertz CT molecular complexity index is 619. The van der Waals surface area contributed by atoms with Crippen LogP contribution in [-0.2, 0) is 0 Å². The van der Waals surface area contributed by atoms with Gasteiger partial charge in [0.05, 0.1) is 5.02 Å². The van der Waals surface area contributed by atoms with Gasteiger partial charge in [0, 0.05) is 22.7 Å². The van der Waals surface area contributed by atoms with Gasteiger partial charge in [0.1, 0.15) is 5.75 Å². The molecule has 0 aliphatic heterocycles. The molecular formula is C15H14Cl2FNO. The van der Waals surface area contributed by atoms with E-state index in [-0.39, 0.29) is 11.8 Å². The Balaban J connectivity index is 2.45. The highest BCUT2D eigenvalue weighted by Gasteiger charge is 2.16. The standard InChI is InChI=1S/C15H14Cl2FNO/c1-9(19-2)11-4-3-5-13(18)15(11)20-14-8-10(16)6-7-12(14)17/h3-9,19H,1-2H3. The molecule has 0 spiro atoms. The number of para-hydroxylation sites is 1. The molecule has 1 N–H and O–H groups in total. The van der Waals surface area contributed by atoms with E-state index in [1.165, 1.54) is 6.07 Å². The van der Waals surface area contributed by atoms with Crippen LogP contribution in [0, 0.1) is 5.82 Å². The first-order chi connectivity index (χ1) is 9.52. The third-order valence-electron chi connectivity index (χ3n) is 3.00. The van der Waals surface area contributed by atoms with Crippen LogP contribution in [0.25, 0.3) is 0 Å². The minimum absolute atomic E-state index is 0.0568. The van der Waals surface area contributed by atoms with E-state index in [1.807, 2.05) is 6.92 Å². The summed E-state index contributed by atoms with van der Waals surface area (Å²) >= 11 is 12.0. The second-order valence-corrected chi connectivity index (χ2v) is 5.19. The molecule has 0 heterocycles. The maximum Gasteiger partial charge on any atom is 0.167 e. The first kappa shape index (κ1) is 15.1. The summed E-state index contributed by atoms with van der Waals surface area (Å²) in [6.45, 7) is 1.92. The van der Waals surface area contributed by atoms with Crippen molar-refractivity contribution in [3.63, 3.8) is 0 Å². The molecule has 0 aliphatic carbocycles. The summed E-state index contributed by atoms with van der Waals surface area (Å²) in [5.74, 6) is 0.0352. The van der Waals surface area contributed by atoms with E-state index in [4.69, 9.17) is 27.9 Å². The average molecular weight is 314 g/mol. The Labute approximate surface area is 127 Å². The molecule has 0 amide bonds. The normalized spacial score (nSPS) is 12.2. The minimum Gasteiger partial charge on any atom is -0.452 e. The van der Waals surface area contributed by atoms with Gasteiger partial charge in [-0.2, -0.15) is 0 Å². The van der Waals surface area contributed by atoms with Crippen LogP contribution in [0.1, 0.15) is 18.5 Å². The molecule has 2 nitrogen and oxygen atoms in total. The Kier molecular flexibility index (Phi) is 4.86. The first-order valence-corrected chi connectivity index (χ1v) is 6.87. The first-order valence-electron chi connectivity index (χ1n) is 6.11. The maximum absolute atomic E-state index is 14.0. The van der Waals surface area contributed by atoms with Gasteiger partial charge in [-0.05, 0) is 32.2 Å². The molecule has 2 aromatic carbocycles. The molecule has 1 unspecified atom stereocenters. The van der Waals surface area contributed by atoms with Crippen molar-refractivity contribution in [2.75, 3.05) is 7.05 Å². The van der Waals surface area contributed by atoms with Crippen molar-refractivity contribution < 1.29 is 9.13 Å². The zero-order valence-corrected chi connectivity index (χ0v) is 12.6. The van der Waals surface area contributed by atoms with Gasteiger partial charge >= 0.3 is 0 Å². The fourth-order valence-electron chi connectivity index (χ4n) is 1.80. The van der Waals surface area contributed by atoms with Gasteiger partial charge in [-0.1, -0.05) is 35.3 Å². The zero-order valence-electron chi connectivity index (χ0n) is 11.1. The molecule has 0 aliphatic rings. The van der Waals surface area contributed by atoms with Crippen molar-refractivity contribution in [2.45, 2.75) is 13.0 Å². The van der Waals surface area contributed by atoms with Gasteiger partial charge in [0.15, 0.2) is 11.6 Å². The molecule has 0 radical (unpaired) electrons. The predicted molar refractivity (Wildman–Crippen MR) is 80.4 cm³/mol. The van der Waals surface area contributed by atoms with E-state index in [0.29, 0.717) is 21.4 Å². The van der Waals surface area contributed by atoms with Crippen LogP contribution in [0.5, 0.6) is 11.5 Å². The summed E-state index contributed by atoms with van der Waals surface area (Å²) in [7, 11) is 1.80. The number of nitrogens with one attached hydrogen (secondary N) is 1. The van der Waals surface area contributed by atoms with Gasteiger partial charge in [0.2, 0.25) is 0 Å². The van der Waals surface area contributed by atoms with Crippen LogP contribution >= 0.6 is 23.2 Å². The third-order valence-corrected chi connectivity index (χ3v) is 3.55. The lowest BCUT2D eigenvalue weighted by atomic mass is 10.1. The largest absolute Gasteiger partial charge is 0.452 e. The van der Waals surface area contributed by atoms with E-state index in [1.54, 1.807) is 37.4 Å². The summed E-state index contributed by atoms with van der Waals surface area (Å²) < 4.78 is 19.7. The summed E-state index contributed by atoms with van der Waals surface area (Å²) in [5, 5.41) is 3.91. The van der Waals surface area contributed by atoms with E-state index in [2.05, 4.69) is 5.32 Å². The molecule has 0 saturated carbocycles. The summed E-state index contributed by atoms with van der Waals surface area (Å²) in [6.07, 6.45) is 0. The highest BCUT2D eigenvalue weighted by atomic mass is 35.5. The number of ether oxygens (including phenoxy) is 1. The molecule has 2 aromatic rings. The molecule has 106 valence electrons. The predicted octanol–water partition coefficient (Wildman–Crippen LogP) is 5.21. The lowest BCUT2D eigenvalue weighted by Crippen LogP contribution is -2.13. The number of hydrogen-bond acceptors (Lipinski definition) is 2. The highest BCUT2D eigenvalue weighted by Crippen LogP contribution is 2.36. The number of hydrogen-bond donors (Lipinski definition) is 1. The molecule has 0 saturated heterocycles. The van der Waals surface area contributed by atoms with Crippen molar-refractivity contribution in [2.24, 2.45) is 0 Å². The lowest BCUT2D eigenvalue weighted by Gasteiger charge is -2.17. The fourth-order valence-corrected chi connectivity index (χ4v) is 2.11. The molecule has 0 aromatic heterocycles. The molecule has 20 heavy (non-hydrogen) atoms. The smallest absolute Gasteiger partial charge is 0.167 e. The third kappa shape index (κ3) is 3.23. The molecule has 2 rings (SSSR count). The SMILES string of the molecule is CNC(C)c1cccc(F)c1Oc1cc(Cl)ccc1Cl. The monoisotopic (exact) mass is 313 g/mol. The van der Waals surface area contributed by atoms with Crippen LogP contribution in [0.3, 0.4) is 0 Å². The summed E-state index contributed by atoms with van der Waals surface area (Å²) in [6, 6.07) is 9.56. The van der Waals surface area contributed by atoms with Crippen LogP contribution in [0.2, 0.25) is 10.0 Å². The minimum atomic E-state index is -0.444. The number of halogens is 3. The van der Waals surface area contributed by atoms with Crippen molar-refractivity contribution in [1.29, 1.82) is 0 Å². The fraction of sp³-hybridized carbons (Fsp3) is 0.200.